The molecule has 188 valence electrons. The summed E-state index contributed by atoms with van der Waals surface area (Å²) in [4.78, 5) is 21.0. The number of anilines is 1. The maximum Gasteiger partial charge on any atom is 0.252 e. The van der Waals surface area contributed by atoms with Crippen LogP contribution in [0.4, 0.5) is 5.69 Å². The van der Waals surface area contributed by atoms with Gasteiger partial charge in [-0.1, -0.05) is 60.5 Å². The summed E-state index contributed by atoms with van der Waals surface area (Å²) < 4.78 is 0. The number of phenols is 1. The van der Waals surface area contributed by atoms with Crippen LogP contribution in [0.2, 0.25) is 5.02 Å². The number of phenolic OH excluding ortho intramolecular Hbond substituents is 1. The summed E-state index contributed by atoms with van der Waals surface area (Å²) in [5.41, 5.74) is 9.89. The van der Waals surface area contributed by atoms with Crippen LogP contribution < -0.4 is 10.6 Å². The molecular weight excluding hydrogens is 482 g/mol. The zero-order chi connectivity index (χ0) is 25.8. The molecule has 0 saturated heterocycles. The predicted molar refractivity (Wildman–Crippen MR) is 152 cm³/mol. The van der Waals surface area contributed by atoms with Crippen LogP contribution in [0.25, 0.3) is 10.8 Å². The highest BCUT2D eigenvalue weighted by Gasteiger charge is 2.32. The molecular formula is C31H30ClN3O2. The number of halogens is 1. The van der Waals surface area contributed by atoms with Crippen LogP contribution in [-0.4, -0.2) is 35.9 Å². The summed E-state index contributed by atoms with van der Waals surface area (Å²) in [5.74, 6) is 0.146. The summed E-state index contributed by atoms with van der Waals surface area (Å²) in [7, 11) is 0. The number of nitrogens with zero attached hydrogens (tertiary/aromatic N) is 2. The van der Waals surface area contributed by atoms with Crippen molar-refractivity contribution < 1.29 is 9.90 Å². The van der Waals surface area contributed by atoms with E-state index in [1.54, 1.807) is 12.1 Å². The van der Waals surface area contributed by atoms with Gasteiger partial charge in [0.2, 0.25) is 0 Å². The second kappa shape index (κ2) is 11.2. The monoisotopic (exact) mass is 511 g/mol. The largest absolute Gasteiger partial charge is 0.508 e. The van der Waals surface area contributed by atoms with Gasteiger partial charge in [0.1, 0.15) is 11.8 Å². The number of aliphatic imine (C=N–C) groups is 1. The Morgan fingerprint density at radius 1 is 0.892 bits per heavy atom. The smallest absolute Gasteiger partial charge is 0.252 e. The van der Waals surface area contributed by atoms with Crippen LogP contribution in [0.1, 0.15) is 36.0 Å². The van der Waals surface area contributed by atoms with Crippen molar-refractivity contribution in [2.45, 2.75) is 31.7 Å². The number of fused-ring (bicyclic) bond motifs is 2. The number of rotatable bonds is 8. The number of benzodiazepines with no additional fused rings is 1. The second-order valence-corrected chi connectivity index (χ2v) is 9.86. The van der Waals surface area contributed by atoms with Gasteiger partial charge in [-0.15, -0.1) is 0 Å². The van der Waals surface area contributed by atoms with E-state index in [1.165, 1.54) is 0 Å². The molecule has 1 aliphatic heterocycles. The van der Waals surface area contributed by atoms with Gasteiger partial charge in [0.15, 0.2) is 0 Å². The number of hydrogen-bond donors (Lipinski definition) is 2. The van der Waals surface area contributed by atoms with Crippen molar-refractivity contribution in [3.05, 3.63) is 107 Å². The van der Waals surface area contributed by atoms with Crippen molar-refractivity contribution in [2.75, 3.05) is 18.0 Å². The number of aromatic hydroxyl groups is 1. The molecule has 6 heteroatoms. The van der Waals surface area contributed by atoms with Crippen molar-refractivity contribution in [1.29, 1.82) is 0 Å². The maximum absolute atomic E-state index is 14.1. The van der Waals surface area contributed by atoms with Crippen LogP contribution in [0, 0.1) is 0 Å². The molecule has 3 N–H and O–H groups in total. The zero-order valence-corrected chi connectivity index (χ0v) is 21.4. The molecule has 0 spiro atoms. The predicted octanol–water partition coefficient (Wildman–Crippen LogP) is 6.12. The molecule has 0 radical (unpaired) electrons. The van der Waals surface area contributed by atoms with E-state index in [2.05, 4.69) is 30.3 Å². The first-order valence-electron chi connectivity index (χ1n) is 12.7. The highest BCUT2D eigenvalue weighted by Crippen LogP contribution is 2.32. The first-order valence-corrected chi connectivity index (χ1v) is 13.1. The minimum absolute atomic E-state index is 0.0294. The summed E-state index contributed by atoms with van der Waals surface area (Å²) in [5, 5.41) is 12.8. The number of nitrogens with two attached hydrogens (primary N) is 1. The Labute approximate surface area is 222 Å². The quantitative estimate of drug-likeness (QED) is 0.279. The van der Waals surface area contributed by atoms with E-state index in [1.807, 2.05) is 47.4 Å². The Kier molecular flexibility index (Phi) is 7.54. The number of unbranched alkanes of at least 4 members (excludes halogenated alkanes) is 2. The fraction of sp³-hybridized carbons (Fsp3) is 0.226. The summed E-state index contributed by atoms with van der Waals surface area (Å²) >= 11 is 6.45. The lowest BCUT2D eigenvalue weighted by atomic mass is 9.99. The molecule has 1 aliphatic rings. The van der Waals surface area contributed by atoms with Crippen molar-refractivity contribution >= 4 is 39.7 Å². The number of carbonyl (C=O) groups is 1. The minimum atomic E-state index is -0.606. The summed E-state index contributed by atoms with van der Waals surface area (Å²) in [6.45, 7) is 1.22. The maximum atomic E-state index is 14.1. The Morgan fingerprint density at radius 3 is 2.46 bits per heavy atom. The lowest BCUT2D eigenvalue weighted by Crippen LogP contribution is -2.39. The third kappa shape index (κ3) is 5.53. The molecule has 4 aromatic rings. The minimum Gasteiger partial charge on any atom is -0.508 e. The molecule has 0 aliphatic carbocycles. The summed E-state index contributed by atoms with van der Waals surface area (Å²) in [6, 6.07) is 26.4. The fourth-order valence-corrected chi connectivity index (χ4v) is 5.08. The number of hydrogen-bond acceptors (Lipinski definition) is 4. The van der Waals surface area contributed by atoms with E-state index in [9.17, 15) is 9.90 Å². The van der Waals surface area contributed by atoms with Crippen molar-refractivity contribution in [2.24, 2.45) is 10.7 Å². The molecule has 0 saturated carbocycles. The standard InChI is InChI=1S/C31H30ClN3O2/c32-25-12-15-29-27(20-25)30(23-10-13-26(36)14-11-23)34-28(31(37)35(29)17-5-1-4-16-33)19-21-8-9-22-6-2-3-7-24(22)18-21/h2-3,6-15,18,20,28,36H,1,4-5,16-17,19,33H2. The topological polar surface area (TPSA) is 78.9 Å². The van der Waals surface area contributed by atoms with E-state index in [4.69, 9.17) is 22.3 Å². The lowest BCUT2D eigenvalue weighted by Gasteiger charge is -2.25. The van der Waals surface area contributed by atoms with Gasteiger partial charge in [-0.05, 0) is 78.2 Å². The van der Waals surface area contributed by atoms with Gasteiger partial charge in [0.25, 0.3) is 5.91 Å². The zero-order valence-electron chi connectivity index (χ0n) is 20.6. The van der Waals surface area contributed by atoms with Crippen LogP contribution in [-0.2, 0) is 11.2 Å². The van der Waals surface area contributed by atoms with Gasteiger partial charge < -0.3 is 15.7 Å². The van der Waals surface area contributed by atoms with E-state index in [0.717, 1.165) is 52.4 Å². The number of amides is 1. The van der Waals surface area contributed by atoms with E-state index >= 15 is 0 Å². The molecule has 1 atom stereocenters. The third-order valence-electron chi connectivity index (χ3n) is 6.81. The van der Waals surface area contributed by atoms with Gasteiger partial charge >= 0.3 is 0 Å². The Bertz CT molecular complexity index is 1450. The molecule has 5 nitrogen and oxygen atoms in total. The first-order chi connectivity index (χ1) is 18.0. The molecule has 0 fully saturated rings. The normalized spacial score (nSPS) is 15.4. The molecule has 1 heterocycles. The second-order valence-electron chi connectivity index (χ2n) is 9.43. The Balaban J connectivity index is 1.60. The van der Waals surface area contributed by atoms with Gasteiger partial charge in [0.05, 0.1) is 11.4 Å². The van der Waals surface area contributed by atoms with E-state index in [-0.39, 0.29) is 11.7 Å². The molecule has 1 unspecified atom stereocenters. The van der Waals surface area contributed by atoms with Gasteiger partial charge in [-0.3, -0.25) is 9.79 Å². The average molecular weight is 512 g/mol. The average Bonchev–Trinajstić information content (AvgIpc) is 3.01. The molecule has 0 aromatic heterocycles. The highest BCUT2D eigenvalue weighted by molar-refractivity contribution is 6.32. The summed E-state index contributed by atoms with van der Waals surface area (Å²) in [6.07, 6.45) is 3.20. The molecule has 4 aromatic carbocycles. The fourth-order valence-electron chi connectivity index (χ4n) is 4.91. The third-order valence-corrected chi connectivity index (χ3v) is 7.05. The van der Waals surface area contributed by atoms with Crippen LogP contribution in [0.5, 0.6) is 5.75 Å². The Hall–Kier alpha value is -3.67. The van der Waals surface area contributed by atoms with Crippen molar-refractivity contribution in [1.82, 2.24) is 0 Å². The van der Waals surface area contributed by atoms with Gasteiger partial charge in [0, 0.05) is 29.1 Å². The SMILES string of the molecule is NCCCCCN1C(=O)C(Cc2ccc3ccccc3c2)N=C(c2ccc(O)cc2)c2cc(Cl)ccc21. The molecule has 1 amide bonds. The van der Waals surface area contributed by atoms with Crippen molar-refractivity contribution in [3.63, 3.8) is 0 Å². The lowest BCUT2D eigenvalue weighted by molar-refractivity contribution is -0.119. The first kappa shape index (κ1) is 25.0. The van der Waals surface area contributed by atoms with E-state index < -0.39 is 6.04 Å². The molecule has 5 rings (SSSR count). The highest BCUT2D eigenvalue weighted by atomic mass is 35.5. The van der Waals surface area contributed by atoms with Gasteiger partial charge in [-0.25, -0.2) is 0 Å². The number of carbonyl (C=O) groups excluding carboxylic acids is 1. The van der Waals surface area contributed by atoms with Gasteiger partial charge in [-0.2, -0.15) is 0 Å². The Morgan fingerprint density at radius 2 is 1.68 bits per heavy atom. The van der Waals surface area contributed by atoms with Crippen molar-refractivity contribution in [3.8, 4) is 5.75 Å². The van der Waals surface area contributed by atoms with Crippen LogP contribution in [0.15, 0.2) is 89.9 Å². The van der Waals surface area contributed by atoms with Crippen LogP contribution >= 0.6 is 11.6 Å². The number of benzene rings is 4. The molecule has 0 bridgehead atoms. The van der Waals surface area contributed by atoms with Crippen LogP contribution in [0.3, 0.4) is 0 Å². The molecule has 37 heavy (non-hydrogen) atoms. The van der Waals surface area contributed by atoms with E-state index in [0.29, 0.717) is 30.2 Å².